The molecule has 1 aromatic heterocycles. The largest absolute Gasteiger partial charge is 0.387 e. The molecule has 0 unspecified atom stereocenters. The lowest BCUT2D eigenvalue weighted by Crippen LogP contribution is -2.44. The summed E-state index contributed by atoms with van der Waals surface area (Å²) in [7, 11) is 6.39. The zero-order valence-electron chi connectivity index (χ0n) is 16.0. The number of likely N-dealkylation sites (tertiary alicyclic amines) is 1. The maximum absolute atomic E-state index is 10.8. The average Bonchev–Trinajstić information content (AvgIpc) is 3.19. The van der Waals surface area contributed by atoms with Gasteiger partial charge in [-0.2, -0.15) is 5.10 Å². The van der Waals surface area contributed by atoms with Gasteiger partial charge in [-0.1, -0.05) is 24.3 Å². The number of aliphatic hydroxyl groups is 1. The quantitative estimate of drug-likeness (QED) is 0.916. The first-order chi connectivity index (χ1) is 12.5. The average molecular weight is 354 g/mol. The number of benzene rings is 1. The second-order valence-corrected chi connectivity index (χ2v) is 8.13. The molecule has 2 heterocycles. The number of aromatic nitrogens is 2. The van der Waals surface area contributed by atoms with Gasteiger partial charge in [-0.05, 0) is 56.9 Å². The van der Waals surface area contributed by atoms with Crippen molar-refractivity contribution in [3.63, 3.8) is 0 Å². The van der Waals surface area contributed by atoms with E-state index in [9.17, 15) is 5.11 Å². The smallest absolute Gasteiger partial charge is 0.0950 e. The van der Waals surface area contributed by atoms with E-state index in [-0.39, 0.29) is 12.1 Å². The minimum atomic E-state index is -0.380. The summed E-state index contributed by atoms with van der Waals surface area (Å²) in [6.45, 7) is 2.14. The van der Waals surface area contributed by atoms with Crippen LogP contribution in [0.3, 0.4) is 0 Å². The second-order valence-electron chi connectivity index (χ2n) is 8.13. The summed E-state index contributed by atoms with van der Waals surface area (Å²) >= 11 is 0. The molecule has 140 valence electrons. The Morgan fingerprint density at radius 1 is 1.27 bits per heavy atom. The Morgan fingerprint density at radius 3 is 2.81 bits per heavy atom. The van der Waals surface area contributed by atoms with Crippen molar-refractivity contribution in [2.75, 3.05) is 27.2 Å². The summed E-state index contributed by atoms with van der Waals surface area (Å²) in [5, 5.41) is 15.2. The normalized spacial score (nSPS) is 29.3. The number of fused-ring (bicyclic) bond motifs is 1. The molecule has 1 aliphatic heterocycles. The highest BCUT2D eigenvalue weighted by atomic mass is 16.3. The van der Waals surface area contributed by atoms with Gasteiger partial charge in [0, 0.05) is 37.4 Å². The predicted octanol–water partition coefficient (Wildman–Crippen LogP) is 2.39. The van der Waals surface area contributed by atoms with Crippen molar-refractivity contribution >= 4 is 0 Å². The summed E-state index contributed by atoms with van der Waals surface area (Å²) in [4.78, 5) is 4.86. The molecule has 5 heteroatoms. The summed E-state index contributed by atoms with van der Waals surface area (Å²) in [5.74, 6) is 0.555. The van der Waals surface area contributed by atoms with Gasteiger partial charge in [0.05, 0.1) is 12.3 Å². The number of aryl methyl sites for hydroxylation is 1. The molecule has 0 bridgehead atoms. The van der Waals surface area contributed by atoms with Gasteiger partial charge in [-0.25, -0.2) is 0 Å². The molecule has 2 aliphatic rings. The monoisotopic (exact) mass is 354 g/mol. The van der Waals surface area contributed by atoms with E-state index in [0.29, 0.717) is 12.0 Å². The number of piperidine rings is 1. The molecule has 1 aromatic carbocycles. The zero-order valence-corrected chi connectivity index (χ0v) is 16.0. The number of likely N-dealkylation sites (N-methyl/N-ethyl adjacent to an activating group) is 1. The Balaban J connectivity index is 1.50. The Bertz CT molecular complexity index is 758. The van der Waals surface area contributed by atoms with Crippen LogP contribution in [-0.2, 0) is 13.5 Å². The fraction of sp³-hybridized carbons (Fsp3) is 0.571. The Labute approximate surface area is 156 Å². The molecule has 1 saturated heterocycles. The Hall–Kier alpha value is -1.69. The van der Waals surface area contributed by atoms with E-state index >= 15 is 0 Å². The predicted molar refractivity (Wildman–Crippen MR) is 103 cm³/mol. The van der Waals surface area contributed by atoms with Crippen LogP contribution in [0.15, 0.2) is 36.7 Å². The lowest BCUT2D eigenvalue weighted by Gasteiger charge is -2.41. The first-order valence-electron chi connectivity index (χ1n) is 9.69. The third-order valence-electron chi connectivity index (χ3n) is 6.33. The summed E-state index contributed by atoms with van der Waals surface area (Å²) in [6, 6.07) is 8.90. The molecule has 2 aromatic rings. The van der Waals surface area contributed by atoms with Crippen molar-refractivity contribution in [1.29, 1.82) is 0 Å². The Kier molecular flexibility index (Phi) is 4.86. The van der Waals surface area contributed by atoms with Gasteiger partial charge in [0.1, 0.15) is 0 Å². The van der Waals surface area contributed by atoms with E-state index in [4.69, 9.17) is 0 Å². The van der Waals surface area contributed by atoms with E-state index in [1.165, 1.54) is 24.0 Å². The summed E-state index contributed by atoms with van der Waals surface area (Å²) in [5.41, 5.74) is 3.71. The fourth-order valence-corrected chi connectivity index (χ4v) is 5.03. The van der Waals surface area contributed by atoms with Crippen LogP contribution in [0, 0.1) is 5.92 Å². The van der Waals surface area contributed by atoms with Crippen LogP contribution in [0.4, 0.5) is 0 Å². The molecule has 0 amide bonds. The van der Waals surface area contributed by atoms with Crippen molar-refractivity contribution in [3.05, 3.63) is 53.3 Å². The molecule has 26 heavy (non-hydrogen) atoms. The van der Waals surface area contributed by atoms with Crippen LogP contribution in [0.1, 0.15) is 41.7 Å². The van der Waals surface area contributed by atoms with Gasteiger partial charge in [0.15, 0.2) is 0 Å². The number of hydrogen-bond donors (Lipinski definition) is 1. The molecule has 1 aliphatic carbocycles. The molecule has 0 saturated carbocycles. The highest BCUT2D eigenvalue weighted by molar-refractivity contribution is 5.35. The molecular formula is C21H30N4O. The van der Waals surface area contributed by atoms with Crippen LogP contribution in [0.25, 0.3) is 0 Å². The van der Waals surface area contributed by atoms with E-state index in [1.807, 2.05) is 24.0 Å². The zero-order chi connectivity index (χ0) is 18.3. The number of rotatable bonds is 4. The van der Waals surface area contributed by atoms with Gasteiger partial charge in [-0.3, -0.25) is 14.5 Å². The highest BCUT2D eigenvalue weighted by Crippen LogP contribution is 2.38. The van der Waals surface area contributed by atoms with E-state index in [1.54, 1.807) is 0 Å². The van der Waals surface area contributed by atoms with Crippen molar-refractivity contribution in [2.45, 2.75) is 37.5 Å². The molecule has 4 atom stereocenters. The SMILES string of the molecule is CN(C[C@@H]1CCCN(C)[C@H]1c1cnn(C)c1)[C@@H]1Cc2ccccc2[C@H]1O. The van der Waals surface area contributed by atoms with Crippen LogP contribution < -0.4 is 0 Å². The fourth-order valence-electron chi connectivity index (χ4n) is 5.03. The third kappa shape index (κ3) is 3.20. The van der Waals surface area contributed by atoms with Gasteiger partial charge in [-0.15, -0.1) is 0 Å². The van der Waals surface area contributed by atoms with Crippen LogP contribution in [-0.4, -0.2) is 57.9 Å². The van der Waals surface area contributed by atoms with Crippen molar-refractivity contribution in [3.8, 4) is 0 Å². The molecule has 4 rings (SSSR count). The lowest BCUT2D eigenvalue weighted by molar-refractivity contribution is 0.0390. The van der Waals surface area contributed by atoms with E-state index in [0.717, 1.165) is 25.1 Å². The van der Waals surface area contributed by atoms with Crippen molar-refractivity contribution in [1.82, 2.24) is 19.6 Å². The van der Waals surface area contributed by atoms with Gasteiger partial charge < -0.3 is 5.11 Å². The second kappa shape index (κ2) is 7.14. The standard InChI is InChI=1S/C21H30N4O/c1-23-10-6-8-16(20(23)17-12-22-25(3)14-17)13-24(2)19-11-15-7-4-5-9-18(15)21(19)26/h4-5,7,9,12,14,16,19-21,26H,6,8,10-11,13H2,1-3H3/t16-,19+,20+,21+/m0/s1. The highest BCUT2D eigenvalue weighted by Gasteiger charge is 2.37. The first-order valence-corrected chi connectivity index (χ1v) is 9.69. The van der Waals surface area contributed by atoms with E-state index in [2.05, 4.69) is 53.4 Å². The minimum absolute atomic E-state index is 0.175. The third-order valence-corrected chi connectivity index (χ3v) is 6.33. The summed E-state index contributed by atoms with van der Waals surface area (Å²) in [6.07, 6.45) is 7.19. The molecule has 0 spiro atoms. The van der Waals surface area contributed by atoms with Gasteiger partial charge in [0.25, 0.3) is 0 Å². The lowest BCUT2D eigenvalue weighted by atomic mass is 9.85. The molecule has 0 radical (unpaired) electrons. The molecule has 1 fully saturated rings. The van der Waals surface area contributed by atoms with E-state index < -0.39 is 0 Å². The maximum Gasteiger partial charge on any atom is 0.0950 e. The van der Waals surface area contributed by atoms with Gasteiger partial charge in [0.2, 0.25) is 0 Å². The maximum atomic E-state index is 10.8. The number of aliphatic hydroxyl groups excluding tert-OH is 1. The first kappa shape index (κ1) is 17.7. The van der Waals surface area contributed by atoms with Gasteiger partial charge >= 0.3 is 0 Å². The molecule has 5 nitrogen and oxygen atoms in total. The van der Waals surface area contributed by atoms with Crippen LogP contribution in [0.2, 0.25) is 0 Å². The molecular weight excluding hydrogens is 324 g/mol. The number of hydrogen-bond acceptors (Lipinski definition) is 4. The van der Waals surface area contributed by atoms with Crippen LogP contribution >= 0.6 is 0 Å². The van der Waals surface area contributed by atoms with Crippen LogP contribution in [0.5, 0.6) is 0 Å². The molecule has 1 N–H and O–H groups in total. The van der Waals surface area contributed by atoms with Crippen molar-refractivity contribution in [2.24, 2.45) is 13.0 Å². The van der Waals surface area contributed by atoms with Crippen molar-refractivity contribution < 1.29 is 5.11 Å². The summed E-state index contributed by atoms with van der Waals surface area (Å²) < 4.78 is 1.90. The minimum Gasteiger partial charge on any atom is -0.387 e. The number of nitrogens with zero attached hydrogens (tertiary/aromatic N) is 4. The Morgan fingerprint density at radius 2 is 2.08 bits per heavy atom. The topological polar surface area (TPSA) is 44.5 Å².